The molecule has 1 aromatic carbocycles. The number of hydrogen-bond donors (Lipinski definition) is 2. The molecule has 16 heavy (non-hydrogen) atoms. The standard InChI is InChI=1S/C12H16N2OS/c13-12(16)11-4-2-1-3-9(11)7-14-6-5-10(15)8-14/h1-4,10,15H,5-8H2,(H2,13,16). The second-order valence-corrected chi connectivity index (χ2v) is 4.64. The third-order valence-electron chi connectivity index (χ3n) is 2.92. The van der Waals surface area contributed by atoms with Crippen LogP contribution in [0.4, 0.5) is 0 Å². The van der Waals surface area contributed by atoms with Gasteiger partial charge in [-0.15, -0.1) is 0 Å². The molecule has 0 aliphatic carbocycles. The molecule has 1 atom stereocenters. The molecule has 4 heteroatoms. The maximum Gasteiger partial charge on any atom is 0.104 e. The summed E-state index contributed by atoms with van der Waals surface area (Å²) in [5.41, 5.74) is 7.77. The molecule has 0 amide bonds. The van der Waals surface area contributed by atoms with Gasteiger partial charge in [-0.25, -0.2) is 0 Å². The maximum atomic E-state index is 9.46. The summed E-state index contributed by atoms with van der Waals surface area (Å²) in [6, 6.07) is 7.92. The quantitative estimate of drug-likeness (QED) is 0.765. The maximum absolute atomic E-state index is 9.46. The first kappa shape index (κ1) is 11.5. The van der Waals surface area contributed by atoms with E-state index in [9.17, 15) is 5.11 Å². The average molecular weight is 236 g/mol. The average Bonchev–Trinajstić information content (AvgIpc) is 2.64. The Labute approximate surface area is 101 Å². The Morgan fingerprint density at radius 1 is 1.50 bits per heavy atom. The Balaban J connectivity index is 2.12. The van der Waals surface area contributed by atoms with Crippen LogP contribution in [0.25, 0.3) is 0 Å². The van der Waals surface area contributed by atoms with Crippen LogP contribution >= 0.6 is 12.2 Å². The number of likely N-dealkylation sites (tertiary alicyclic amines) is 1. The van der Waals surface area contributed by atoms with Gasteiger partial charge in [-0.05, 0) is 12.0 Å². The van der Waals surface area contributed by atoms with E-state index in [4.69, 9.17) is 18.0 Å². The number of β-amino-alcohol motifs (C(OH)–C–C–N with tert-alkyl or cyclic N) is 1. The van der Waals surface area contributed by atoms with E-state index in [1.165, 1.54) is 0 Å². The molecule has 0 spiro atoms. The van der Waals surface area contributed by atoms with E-state index in [1.807, 2.05) is 24.3 Å². The van der Waals surface area contributed by atoms with Crippen molar-refractivity contribution in [2.45, 2.75) is 19.1 Å². The lowest BCUT2D eigenvalue weighted by molar-refractivity contribution is 0.175. The van der Waals surface area contributed by atoms with E-state index >= 15 is 0 Å². The highest BCUT2D eigenvalue weighted by Gasteiger charge is 2.20. The Morgan fingerprint density at radius 2 is 2.25 bits per heavy atom. The second-order valence-electron chi connectivity index (χ2n) is 4.20. The van der Waals surface area contributed by atoms with Crippen LogP contribution in [0, 0.1) is 0 Å². The van der Waals surface area contributed by atoms with Gasteiger partial charge in [0.25, 0.3) is 0 Å². The summed E-state index contributed by atoms with van der Waals surface area (Å²) in [6.45, 7) is 2.49. The number of thiocarbonyl (C=S) groups is 1. The van der Waals surface area contributed by atoms with Crippen LogP contribution in [0.1, 0.15) is 17.5 Å². The van der Waals surface area contributed by atoms with Crippen molar-refractivity contribution in [3.63, 3.8) is 0 Å². The molecular formula is C12H16N2OS. The summed E-state index contributed by atoms with van der Waals surface area (Å²) in [4.78, 5) is 2.66. The van der Waals surface area contributed by atoms with Crippen LogP contribution in [-0.2, 0) is 6.54 Å². The zero-order chi connectivity index (χ0) is 11.5. The molecule has 86 valence electrons. The van der Waals surface area contributed by atoms with E-state index in [1.54, 1.807) is 0 Å². The number of rotatable bonds is 3. The second kappa shape index (κ2) is 4.91. The minimum absolute atomic E-state index is 0.183. The first-order valence-electron chi connectivity index (χ1n) is 5.45. The molecule has 1 aliphatic rings. The molecular weight excluding hydrogens is 220 g/mol. The highest BCUT2D eigenvalue weighted by molar-refractivity contribution is 7.80. The van der Waals surface area contributed by atoms with E-state index in [-0.39, 0.29) is 6.10 Å². The lowest BCUT2D eigenvalue weighted by atomic mass is 10.1. The minimum atomic E-state index is -0.183. The monoisotopic (exact) mass is 236 g/mol. The van der Waals surface area contributed by atoms with Gasteiger partial charge in [0, 0.05) is 25.2 Å². The van der Waals surface area contributed by atoms with E-state index in [0.29, 0.717) is 4.99 Å². The first-order chi connectivity index (χ1) is 7.66. The Hall–Kier alpha value is -0.970. The van der Waals surface area contributed by atoms with Gasteiger partial charge in [0.1, 0.15) is 4.99 Å². The molecule has 1 heterocycles. The molecule has 0 saturated carbocycles. The van der Waals surface area contributed by atoms with Gasteiger partial charge < -0.3 is 10.8 Å². The van der Waals surface area contributed by atoms with Gasteiger partial charge in [0.05, 0.1) is 6.10 Å². The lowest BCUT2D eigenvalue weighted by Crippen LogP contribution is -2.23. The van der Waals surface area contributed by atoms with Crippen molar-refractivity contribution in [2.24, 2.45) is 5.73 Å². The lowest BCUT2D eigenvalue weighted by Gasteiger charge is -2.17. The third kappa shape index (κ3) is 2.58. The Morgan fingerprint density at radius 3 is 2.88 bits per heavy atom. The predicted molar refractivity (Wildman–Crippen MR) is 68.2 cm³/mol. The number of nitrogens with two attached hydrogens (primary N) is 1. The molecule has 1 aromatic rings. The van der Waals surface area contributed by atoms with Crippen LogP contribution in [0.15, 0.2) is 24.3 Å². The molecule has 1 unspecified atom stereocenters. The van der Waals surface area contributed by atoms with Crippen molar-refractivity contribution in [1.29, 1.82) is 0 Å². The fourth-order valence-corrected chi connectivity index (χ4v) is 2.29. The van der Waals surface area contributed by atoms with Crippen molar-refractivity contribution < 1.29 is 5.11 Å². The summed E-state index contributed by atoms with van der Waals surface area (Å²) >= 11 is 5.02. The molecule has 3 nitrogen and oxygen atoms in total. The predicted octanol–water partition coefficient (Wildman–Crippen LogP) is 0.887. The number of nitrogens with zero attached hydrogens (tertiary/aromatic N) is 1. The molecule has 0 bridgehead atoms. The summed E-state index contributed by atoms with van der Waals surface area (Å²) in [6.07, 6.45) is 0.673. The third-order valence-corrected chi connectivity index (χ3v) is 3.14. The number of benzene rings is 1. The fraction of sp³-hybridized carbons (Fsp3) is 0.417. The number of hydrogen-bond acceptors (Lipinski definition) is 3. The molecule has 1 saturated heterocycles. The van der Waals surface area contributed by atoms with E-state index in [0.717, 1.165) is 37.2 Å². The highest BCUT2D eigenvalue weighted by atomic mass is 32.1. The van der Waals surface area contributed by atoms with Crippen LogP contribution in [0.3, 0.4) is 0 Å². The van der Waals surface area contributed by atoms with Crippen molar-refractivity contribution in [2.75, 3.05) is 13.1 Å². The van der Waals surface area contributed by atoms with Crippen molar-refractivity contribution >= 4 is 17.2 Å². The van der Waals surface area contributed by atoms with Gasteiger partial charge in [0.15, 0.2) is 0 Å². The molecule has 0 radical (unpaired) electrons. The van der Waals surface area contributed by atoms with Crippen LogP contribution in [0.5, 0.6) is 0 Å². The summed E-state index contributed by atoms with van der Waals surface area (Å²) < 4.78 is 0. The zero-order valence-electron chi connectivity index (χ0n) is 9.10. The Kier molecular flexibility index (Phi) is 3.53. The highest BCUT2D eigenvalue weighted by Crippen LogP contribution is 2.16. The van der Waals surface area contributed by atoms with E-state index in [2.05, 4.69) is 4.90 Å². The number of aliphatic hydroxyl groups is 1. The number of aliphatic hydroxyl groups excluding tert-OH is 1. The molecule has 0 aromatic heterocycles. The van der Waals surface area contributed by atoms with Gasteiger partial charge in [-0.2, -0.15) is 0 Å². The zero-order valence-corrected chi connectivity index (χ0v) is 9.91. The molecule has 1 aliphatic heterocycles. The molecule has 2 rings (SSSR count). The van der Waals surface area contributed by atoms with Gasteiger partial charge in [-0.3, -0.25) is 4.90 Å². The fourth-order valence-electron chi connectivity index (χ4n) is 2.10. The SMILES string of the molecule is NC(=S)c1ccccc1CN1CCC(O)C1. The van der Waals surface area contributed by atoms with E-state index < -0.39 is 0 Å². The van der Waals surface area contributed by atoms with Crippen molar-refractivity contribution in [3.05, 3.63) is 35.4 Å². The Bertz CT molecular complexity index is 394. The van der Waals surface area contributed by atoms with Crippen molar-refractivity contribution in [3.8, 4) is 0 Å². The largest absolute Gasteiger partial charge is 0.392 e. The smallest absolute Gasteiger partial charge is 0.104 e. The summed E-state index contributed by atoms with van der Waals surface area (Å²) in [5, 5.41) is 9.46. The summed E-state index contributed by atoms with van der Waals surface area (Å²) in [5.74, 6) is 0. The molecule has 1 fully saturated rings. The van der Waals surface area contributed by atoms with Crippen molar-refractivity contribution in [1.82, 2.24) is 4.90 Å². The molecule has 3 N–H and O–H groups in total. The van der Waals surface area contributed by atoms with Gasteiger partial charge >= 0.3 is 0 Å². The van der Waals surface area contributed by atoms with Gasteiger partial charge in [-0.1, -0.05) is 36.5 Å². The van der Waals surface area contributed by atoms with Crippen LogP contribution in [-0.4, -0.2) is 34.2 Å². The van der Waals surface area contributed by atoms with Gasteiger partial charge in [0.2, 0.25) is 0 Å². The topological polar surface area (TPSA) is 49.5 Å². The first-order valence-corrected chi connectivity index (χ1v) is 5.86. The normalized spacial score (nSPS) is 21.2. The van der Waals surface area contributed by atoms with Crippen LogP contribution in [0.2, 0.25) is 0 Å². The summed E-state index contributed by atoms with van der Waals surface area (Å²) in [7, 11) is 0. The van der Waals surface area contributed by atoms with Crippen LogP contribution < -0.4 is 5.73 Å². The minimum Gasteiger partial charge on any atom is -0.392 e.